The van der Waals surface area contributed by atoms with Gasteiger partial charge < -0.3 is 10.6 Å². The van der Waals surface area contributed by atoms with Gasteiger partial charge >= 0.3 is 0 Å². The minimum absolute atomic E-state index is 0.0514. The van der Waals surface area contributed by atoms with E-state index in [2.05, 4.69) is 10.6 Å². The Kier molecular flexibility index (Phi) is 4.82. The summed E-state index contributed by atoms with van der Waals surface area (Å²) in [5, 5.41) is 6.42. The first-order valence-corrected chi connectivity index (χ1v) is 6.54. The number of rotatable bonds is 4. The van der Waals surface area contributed by atoms with Crippen LogP contribution < -0.4 is 10.6 Å². The molecule has 2 aromatic rings. The summed E-state index contributed by atoms with van der Waals surface area (Å²) in [6, 6.07) is 10.5. The van der Waals surface area contributed by atoms with Crippen molar-refractivity contribution in [3.8, 4) is 0 Å². The van der Waals surface area contributed by atoms with Crippen LogP contribution in [0.3, 0.4) is 0 Å². The highest BCUT2D eigenvalue weighted by atomic mass is 35.5. The van der Waals surface area contributed by atoms with Crippen LogP contribution in [0.2, 0.25) is 10.0 Å². The van der Waals surface area contributed by atoms with Gasteiger partial charge in [0, 0.05) is 21.4 Å². The monoisotopic (exact) mass is 312 g/mol. The molecule has 2 aromatic carbocycles. The van der Waals surface area contributed by atoms with E-state index < -0.39 is 0 Å². The molecule has 0 heterocycles. The first-order chi connectivity index (χ1) is 9.52. The lowest BCUT2D eigenvalue weighted by molar-refractivity contribution is -0.114. The van der Waals surface area contributed by atoms with E-state index in [1.165, 1.54) is 12.1 Å². The fraction of sp³-hybridized carbons (Fsp3) is 0.0714. The van der Waals surface area contributed by atoms with E-state index in [1.807, 2.05) is 0 Å². The Labute approximate surface area is 125 Å². The Morgan fingerprint density at radius 3 is 2.20 bits per heavy atom. The highest BCUT2D eigenvalue weighted by Gasteiger charge is 2.04. The maximum absolute atomic E-state index is 12.7. The molecule has 20 heavy (non-hydrogen) atoms. The van der Waals surface area contributed by atoms with Gasteiger partial charge in [0.1, 0.15) is 5.82 Å². The quantitative estimate of drug-likeness (QED) is 0.889. The smallest absolute Gasteiger partial charge is 0.243 e. The Bertz CT molecular complexity index is 597. The molecule has 0 bridgehead atoms. The molecular formula is C14H11Cl2FN2O. The van der Waals surface area contributed by atoms with Crippen molar-refractivity contribution < 1.29 is 9.18 Å². The van der Waals surface area contributed by atoms with Gasteiger partial charge in [-0.15, -0.1) is 0 Å². The lowest BCUT2D eigenvalue weighted by Gasteiger charge is -2.08. The topological polar surface area (TPSA) is 41.1 Å². The molecule has 6 heteroatoms. The Balaban J connectivity index is 1.90. The summed E-state index contributed by atoms with van der Waals surface area (Å²) < 4.78 is 12.7. The number of carbonyl (C=O) groups is 1. The average Bonchev–Trinajstić information content (AvgIpc) is 2.37. The van der Waals surface area contributed by atoms with Crippen LogP contribution in [0, 0.1) is 5.82 Å². The summed E-state index contributed by atoms with van der Waals surface area (Å²) in [5.41, 5.74) is 1.18. The summed E-state index contributed by atoms with van der Waals surface area (Å²) in [7, 11) is 0. The minimum Gasteiger partial charge on any atom is -0.376 e. The van der Waals surface area contributed by atoms with Gasteiger partial charge in [-0.1, -0.05) is 23.2 Å². The Hall–Kier alpha value is -1.78. The van der Waals surface area contributed by atoms with E-state index in [9.17, 15) is 9.18 Å². The van der Waals surface area contributed by atoms with Gasteiger partial charge in [0.25, 0.3) is 0 Å². The molecule has 0 saturated heterocycles. The SMILES string of the molecule is O=C(CNc1ccc(F)cc1)Nc1cc(Cl)cc(Cl)c1. The van der Waals surface area contributed by atoms with Crippen LogP contribution in [-0.2, 0) is 4.79 Å². The van der Waals surface area contributed by atoms with Gasteiger partial charge in [0.15, 0.2) is 0 Å². The van der Waals surface area contributed by atoms with Crippen molar-refractivity contribution >= 4 is 40.5 Å². The molecule has 0 aliphatic heterocycles. The second kappa shape index (κ2) is 6.59. The summed E-state index contributed by atoms with van der Waals surface area (Å²) >= 11 is 11.7. The number of hydrogen-bond acceptors (Lipinski definition) is 2. The molecule has 0 aromatic heterocycles. The zero-order valence-corrected chi connectivity index (χ0v) is 11.8. The van der Waals surface area contributed by atoms with Crippen LogP contribution in [-0.4, -0.2) is 12.5 Å². The van der Waals surface area contributed by atoms with Crippen molar-refractivity contribution in [3.63, 3.8) is 0 Å². The van der Waals surface area contributed by atoms with Gasteiger partial charge in [-0.3, -0.25) is 4.79 Å². The molecule has 0 fully saturated rings. The normalized spacial score (nSPS) is 10.2. The second-order valence-corrected chi connectivity index (χ2v) is 4.94. The van der Waals surface area contributed by atoms with Crippen molar-refractivity contribution in [3.05, 3.63) is 58.3 Å². The van der Waals surface area contributed by atoms with E-state index >= 15 is 0 Å². The van der Waals surface area contributed by atoms with E-state index in [0.717, 1.165) is 0 Å². The Morgan fingerprint density at radius 1 is 1.00 bits per heavy atom. The number of hydrogen-bond donors (Lipinski definition) is 2. The zero-order chi connectivity index (χ0) is 14.5. The average molecular weight is 313 g/mol. The summed E-state index contributed by atoms with van der Waals surface area (Å²) in [5.74, 6) is -0.582. The van der Waals surface area contributed by atoms with E-state index in [4.69, 9.17) is 23.2 Å². The number of carbonyl (C=O) groups excluding carboxylic acids is 1. The van der Waals surface area contributed by atoms with Crippen LogP contribution in [0.15, 0.2) is 42.5 Å². The second-order valence-electron chi connectivity index (χ2n) is 4.07. The van der Waals surface area contributed by atoms with Gasteiger partial charge in [0.2, 0.25) is 5.91 Å². The number of amides is 1. The van der Waals surface area contributed by atoms with Gasteiger partial charge in [0.05, 0.1) is 6.54 Å². The lowest BCUT2D eigenvalue weighted by atomic mass is 10.3. The number of nitrogens with one attached hydrogen (secondary N) is 2. The highest BCUT2D eigenvalue weighted by molar-refractivity contribution is 6.35. The van der Waals surface area contributed by atoms with E-state index in [1.54, 1.807) is 30.3 Å². The first-order valence-electron chi connectivity index (χ1n) is 5.78. The number of benzene rings is 2. The van der Waals surface area contributed by atoms with Gasteiger partial charge in [-0.05, 0) is 42.5 Å². The first kappa shape index (κ1) is 14.6. The fourth-order valence-corrected chi connectivity index (χ4v) is 2.11. The third kappa shape index (κ3) is 4.40. The third-order valence-corrected chi connectivity index (χ3v) is 2.88. The predicted molar refractivity (Wildman–Crippen MR) is 80.0 cm³/mol. The van der Waals surface area contributed by atoms with Crippen LogP contribution in [0.25, 0.3) is 0 Å². The molecule has 2 rings (SSSR count). The lowest BCUT2D eigenvalue weighted by Crippen LogP contribution is -2.21. The molecule has 0 spiro atoms. The van der Waals surface area contributed by atoms with Crippen molar-refractivity contribution in [2.75, 3.05) is 17.2 Å². The molecule has 0 aliphatic carbocycles. The van der Waals surface area contributed by atoms with Crippen molar-refractivity contribution in [2.24, 2.45) is 0 Å². The van der Waals surface area contributed by atoms with Crippen LogP contribution in [0.1, 0.15) is 0 Å². The number of anilines is 2. The molecule has 104 valence electrons. The minimum atomic E-state index is -0.325. The maximum Gasteiger partial charge on any atom is 0.243 e. The Morgan fingerprint density at radius 2 is 1.60 bits per heavy atom. The molecule has 2 N–H and O–H groups in total. The van der Waals surface area contributed by atoms with Gasteiger partial charge in [-0.25, -0.2) is 4.39 Å². The van der Waals surface area contributed by atoms with Crippen LogP contribution >= 0.6 is 23.2 Å². The summed E-state index contributed by atoms with van der Waals surface area (Å²) in [6.07, 6.45) is 0. The van der Waals surface area contributed by atoms with Gasteiger partial charge in [-0.2, -0.15) is 0 Å². The standard InChI is InChI=1S/C14H11Cl2FN2O/c15-9-5-10(16)7-13(6-9)19-14(20)8-18-12-3-1-11(17)2-4-12/h1-7,18H,8H2,(H,19,20). The maximum atomic E-state index is 12.7. The summed E-state index contributed by atoms with van der Waals surface area (Å²) in [4.78, 5) is 11.7. The summed E-state index contributed by atoms with van der Waals surface area (Å²) in [6.45, 7) is 0.0514. The van der Waals surface area contributed by atoms with Crippen LogP contribution in [0.5, 0.6) is 0 Å². The highest BCUT2D eigenvalue weighted by Crippen LogP contribution is 2.22. The van der Waals surface area contributed by atoms with E-state index in [0.29, 0.717) is 21.4 Å². The molecule has 0 aliphatic rings. The molecule has 0 radical (unpaired) electrons. The number of halogens is 3. The largest absolute Gasteiger partial charge is 0.376 e. The molecule has 3 nitrogen and oxygen atoms in total. The molecule has 0 saturated carbocycles. The van der Waals surface area contributed by atoms with Crippen molar-refractivity contribution in [1.82, 2.24) is 0 Å². The molecular weight excluding hydrogens is 302 g/mol. The fourth-order valence-electron chi connectivity index (χ4n) is 1.58. The van der Waals surface area contributed by atoms with Crippen LogP contribution in [0.4, 0.5) is 15.8 Å². The molecule has 1 amide bonds. The van der Waals surface area contributed by atoms with Crippen molar-refractivity contribution in [2.45, 2.75) is 0 Å². The van der Waals surface area contributed by atoms with E-state index in [-0.39, 0.29) is 18.3 Å². The predicted octanol–water partition coefficient (Wildman–Crippen LogP) is 4.18. The molecule has 0 unspecified atom stereocenters. The third-order valence-electron chi connectivity index (χ3n) is 2.44. The van der Waals surface area contributed by atoms with Crippen molar-refractivity contribution in [1.29, 1.82) is 0 Å². The molecule has 0 atom stereocenters. The zero-order valence-electron chi connectivity index (χ0n) is 10.3.